The van der Waals surface area contributed by atoms with Gasteiger partial charge < -0.3 is 15.5 Å². The number of aryl methyl sites for hydroxylation is 1. The van der Waals surface area contributed by atoms with Crippen LogP contribution in [0.2, 0.25) is 0 Å². The normalized spacial score (nSPS) is 13.8. The Bertz CT molecular complexity index is 829. The number of nitrogens with zero attached hydrogens (tertiary/aromatic N) is 1. The number of aliphatic hydroxyl groups is 2. The summed E-state index contributed by atoms with van der Waals surface area (Å²) in [5.74, 6) is -0.199. The number of hydrogen-bond acceptors (Lipinski definition) is 4. The summed E-state index contributed by atoms with van der Waals surface area (Å²) < 4.78 is 1.74. The number of thiophene rings is 1. The monoisotopic (exact) mass is 346 g/mol. The number of hydrogen-bond donors (Lipinski definition) is 4. The number of aliphatic hydroxyl groups excluding tert-OH is 2. The van der Waals surface area contributed by atoms with Gasteiger partial charge in [0.2, 0.25) is 0 Å². The van der Waals surface area contributed by atoms with Crippen LogP contribution in [0.4, 0.5) is 0 Å². The first-order chi connectivity index (χ1) is 11.6. The number of amides is 1. The van der Waals surface area contributed by atoms with Crippen molar-refractivity contribution >= 4 is 28.3 Å². The van der Waals surface area contributed by atoms with E-state index in [1.165, 1.54) is 0 Å². The van der Waals surface area contributed by atoms with Gasteiger partial charge in [0.05, 0.1) is 7.05 Å². The van der Waals surface area contributed by atoms with E-state index in [9.17, 15) is 15.0 Å². The number of carbonyl (C=O) groups excluding carboxylic acids is 1. The summed E-state index contributed by atoms with van der Waals surface area (Å²) in [6.07, 6.45) is -2.16. The Hall–Kier alpha value is -2.22. The first kappa shape index (κ1) is 16.6. The van der Waals surface area contributed by atoms with Crippen LogP contribution in [0.5, 0.6) is 0 Å². The van der Waals surface area contributed by atoms with Crippen LogP contribution < -0.4 is 9.88 Å². The molecule has 126 valence electrons. The molecule has 2 heterocycles. The molecule has 0 aliphatic carbocycles. The molecule has 2 aromatic heterocycles. The van der Waals surface area contributed by atoms with Gasteiger partial charge in [-0.1, -0.05) is 18.2 Å². The number of imidazole rings is 1. The van der Waals surface area contributed by atoms with E-state index < -0.39 is 18.1 Å². The van der Waals surface area contributed by atoms with Gasteiger partial charge in [0, 0.05) is 11.4 Å². The molecule has 0 aliphatic heterocycles. The SMILES string of the molecule is C[n+]1c([C@H](O)[C@@H](O)C(=O)NCCc2cccs2)[nH]c2ccccc21. The highest BCUT2D eigenvalue weighted by Gasteiger charge is 2.33. The fourth-order valence-corrected chi connectivity index (χ4v) is 3.37. The summed E-state index contributed by atoms with van der Waals surface area (Å²) >= 11 is 1.62. The van der Waals surface area contributed by atoms with Gasteiger partial charge in [-0.15, -0.1) is 11.3 Å². The highest BCUT2D eigenvalue weighted by molar-refractivity contribution is 7.09. The van der Waals surface area contributed by atoms with Gasteiger partial charge in [0.25, 0.3) is 11.7 Å². The topological polar surface area (TPSA) is 89.2 Å². The van der Waals surface area contributed by atoms with E-state index in [0.29, 0.717) is 18.8 Å². The summed E-state index contributed by atoms with van der Waals surface area (Å²) in [4.78, 5) is 16.3. The van der Waals surface area contributed by atoms with Crippen molar-refractivity contribution in [3.05, 3.63) is 52.5 Å². The fourth-order valence-electron chi connectivity index (χ4n) is 2.66. The van der Waals surface area contributed by atoms with Gasteiger partial charge in [-0.2, -0.15) is 0 Å². The predicted octanol–water partition coefficient (Wildman–Crippen LogP) is 0.807. The van der Waals surface area contributed by atoms with Crippen molar-refractivity contribution in [2.24, 2.45) is 7.05 Å². The molecule has 1 aromatic carbocycles. The zero-order valence-electron chi connectivity index (χ0n) is 13.3. The van der Waals surface area contributed by atoms with Crippen molar-refractivity contribution in [2.75, 3.05) is 6.54 Å². The van der Waals surface area contributed by atoms with Crippen LogP contribution >= 0.6 is 11.3 Å². The average Bonchev–Trinajstić information content (AvgIpc) is 3.22. The van der Waals surface area contributed by atoms with Gasteiger partial charge in [-0.05, 0) is 30.0 Å². The van der Waals surface area contributed by atoms with Crippen LogP contribution in [0.25, 0.3) is 11.0 Å². The lowest BCUT2D eigenvalue weighted by atomic mass is 10.1. The van der Waals surface area contributed by atoms with Gasteiger partial charge in [-0.3, -0.25) is 4.79 Å². The van der Waals surface area contributed by atoms with E-state index in [1.807, 2.05) is 41.8 Å². The lowest BCUT2D eigenvalue weighted by molar-refractivity contribution is -0.657. The summed E-state index contributed by atoms with van der Waals surface area (Å²) in [7, 11) is 1.78. The molecule has 6 nitrogen and oxygen atoms in total. The van der Waals surface area contributed by atoms with Crippen LogP contribution in [0.1, 0.15) is 16.8 Å². The number of carbonyl (C=O) groups is 1. The van der Waals surface area contributed by atoms with Crippen molar-refractivity contribution < 1.29 is 19.6 Å². The number of nitrogens with one attached hydrogen (secondary N) is 2. The predicted molar refractivity (Wildman–Crippen MR) is 91.5 cm³/mol. The van der Waals surface area contributed by atoms with Gasteiger partial charge in [0.15, 0.2) is 23.2 Å². The molecule has 3 rings (SSSR count). The maximum Gasteiger partial charge on any atom is 0.287 e. The second-order valence-corrected chi connectivity index (χ2v) is 6.63. The van der Waals surface area contributed by atoms with Crippen LogP contribution in [-0.2, 0) is 18.3 Å². The minimum absolute atomic E-state index is 0.386. The van der Waals surface area contributed by atoms with E-state index in [4.69, 9.17) is 0 Å². The molecular weight excluding hydrogens is 326 g/mol. The molecule has 4 N–H and O–H groups in total. The summed E-state index contributed by atoms with van der Waals surface area (Å²) in [5.41, 5.74) is 1.72. The third kappa shape index (κ3) is 3.33. The number of fused-ring (bicyclic) bond motifs is 1. The third-order valence-corrected chi connectivity index (χ3v) is 4.92. The van der Waals surface area contributed by atoms with E-state index in [2.05, 4.69) is 10.3 Å². The van der Waals surface area contributed by atoms with Gasteiger partial charge in [-0.25, -0.2) is 9.55 Å². The highest BCUT2D eigenvalue weighted by atomic mass is 32.1. The second-order valence-electron chi connectivity index (χ2n) is 5.60. The molecule has 0 radical (unpaired) electrons. The fraction of sp³-hybridized carbons (Fsp3) is 0.294. The van der Waals surface area contributed by atoms with Gasteiger partial charge >= 0.3 is 0 Å². The lowest BCUT2D eigenvalue weighted by Crippen LogP contribution is -2.43. The average molecular weight is 346 g/mol. The standard InChI is InChI=1S/C17H19N3O3S/c1-20-13-7-3-2-6-12(13)19-16(20)14(21)15(22)17(23)18-9-8-11-5-4-10-24-11/h2-7,10,14-15,21-22H,8-9H2,1H3,(H,18,23)/p+1/t14-,15-/m1/s1. The number of rotatable bonds is 6. The van der Waals surface area contributed by atoms with E-state index in [1.54, 1.807) is 23.0 Å². The zero-order chi connectivity index (χ0) is 17.1. The quantitative estimate of drug-likeness (QED) is 0.498. The number of para-hydroxylation sites is 2. The Morgan fingerprint density at radius 3 is 2.79 bits per heavy atom. The molecule has 0 bridgehead atoms. The number of benzene rings is 1. The largest absolute Gasteiger partial charge is 0.380 e. The number of H-pyrrole nitrogens is 1. The van der Waals surface area contributed by atoms with Crippen molar-refractivity contribution in [2.45, 2.75) is 18.6 Å². The smallest absolute Gasteiger partial charge is 0.287 e. The molecule has 2 atom stereocenters. The second kappa shape index (κ2) is 7.12. The van der Waals surface area contributed by atoms with Crippen LogP contribution in [-0.4, -0.2) is 33.8 Å². The molecule has 24 heavy (non-hydrogen) atoms. The van der Waals surface area contributed by atoms with Crippen molar-refractivity contribution in [3.63, 3.8) is 0 Å². The molecule has 0 saturated heterocycles. The summed E-state index contributed by atoms with van der Waals surface area (Å²) in [6.45, 7) is 0.419. The Morgan fingerprint density at radius 2 is 2.08 bits per heavy atom. The van der Waals surface area contributed by atoms with Crippen molar-refractivity contribution in [1.82, 2.24) is 10.3 Å². The molecule has 0 saturated carbocycles. The molecule has 0 spiro atoms. The molecule has 0 unspecified atom stereocenters. The summed E-state index contributed by atoms with van der Waals surface area (Å²) in [5, 5.41) is 25.2. The Kier molecular flexibility index (Phi) is 4.94. The van der Waals surface area contributed by atoms with Crippen molar-refractivity contribution in [3.8, 4) is 0 Å². The van der Waals surface area contributed by atoms with Crippen LogP contribution in [0.15, 0.2) is 41.8 Å². The van der Waals surface area contributed by atoms with E-state index >= 15 is 0 Å². The number of aromatic nitrogens is 2. The number of aromatic amines is 1. The first-order valence-corrected chi connectivity index (χ1v) is 8.58. The molecule has 0 fully saturated rings. The Morgan fingerprint density at radius 1 is 1.29 bits per heavy atom. The Balaban J connectivity index is 1.65. The maximum absolute atomic E-state index is 12.1. The zero-order valence-corrected chi connectivity index (χ0v) is 14.1. The minimum atomic E-state index is -1.53. The molecule has 7 heteroatoms. The Labute approximate surface area is 143 Å². The molecule has 0 aliphatic rings. The van der Waals surface area contributed by atoms with E-state index in [0.717, 1.165) is 15.9 Å². The molecular formula is C17H20N3O3S+. The third-order valence-electron chi connectivity index (χ3n) is 3.99. The molecule has 1 amide bonds. The summed E-state index contributed by atoms with van der Waals surface area (Å²) in [6, 6.07) is 11.5. The highest BCUT2D eigenvalue weighted by Crippen LogP contribution is 2.17. The van der Waals surface area contributed by atoms with E-state index in [-0.39, 0.29) is 0 Å². The van der Waals surface area contributed by atoms with Gasteiger partial charge in [0.1, 0.15) is 0 Å². The lowest BCUT2D eigenvalue weighted by Gasteiger charge is -2.14. The molecule has 3 aromatic rings. The first-order valence-electron chi connectivity index (χ1n) is 7.71. The van der Waals surface area contributed by atoms with Crippen LogP contribution in [0, 0.1) is 0 Å². The van der Waals surface area contributed by atoms with Crippen LogP contribution in [0.3, 0.4) is 0 Å². The van der Waals surface area contributed by atoms with Crippen molar-refractivity contribution in [1.29, 1.82) is 0 Å². The maximum atomic E-state index is 12.1. The minimum Gasteiger partial charge on any atom is -0.380 e.